The normalized spacial score (nSPS) is 28.8. The minimum atomic E-state index is -1.17. The van der Waals surface area contributed by atoms with E-state index < -0.39 is 5.60 Å². The molecule has 2 saturated carbocycles. The van der Waals surface area contributed by atoms with Crippen LogP contribution in [0.15, 0.2) is 0 Å². The Balaban J connectivity index is 1.49. The van der Waals surface area contributed by atoms with Crippen molar-refractivity contribution >= 4 is 11.8 Å². The molecule has 5 nitrogen and oxygen atoms in total. The zero-order valence-electron chi connectivity index (χ0n) is 13.4. The lowest BCUT2D eigenvalue weighted by Crippen LogP contribution is -2.49. The van der Waals surface area contributed by atoms with E-state index in [-0.39, 0.29) is 23.8 Å². The minimum Gasteiger partial charge on any atom is -0.380 e. The number of hydrogen-bond acceptors (Lipinski definition) is 3. The lowest BCUT2D eigenvalue weighted by Gasteiger charge is -2.27. The van der Waals surface area contributed by atoms with Crippen molar-refractivity contribution in [1.29, 1.82) is 0 Å². The third kappa shape index (κ3) is 3.29. The Labute approximate surface area is 132 Å². The number of nitrogens with one attached hydrogen (secondary N) is 1. The van der Waals surface area contributed by atoms with Crippen LogP contribution in [0.4, 0.5) is 0 Å². The van der Waals surface area contributed by atoms with Gasteiger partial charge in [0.05, 0.1) is 0 Å². The van der Waals surface area contributed by atoms with Crippen molar-refractivity contribution in [3.05, 3.63) is 0 Å². The molecule has 124 valence electrons. The Kier molecular flexibility index (Phi) is 4.71. The van der Waals surface area contributed by atoms with Gasteiger partial charge in [-0.1, -0.05) is 19.3 Å². The van der Waals surface area contributed by atoms with Crippen LogP contribution < -0.4 is 5.32 Å². The van der Waals surface area contributed by atoms with E-state index in [0.29, 0.717) is 19.4 Å². The van der Waals surface area contributed by atoms with Crippen LogP contribution in [0.3, 0.4) is 0 Å². The van der Waals surface area contributed by atoms with Crippen molar-refractivity contribution in [3.8, 4) is 0 Å². The van der Waals surface area contributed by atoms with Crippen LogP contribution >= 0.6 is 0 Å². The van der Waals surface area contributed by atoms with E-state index in [4.69, 9.17) is 0 Å². The second kappa shape index (κ2) is 6.57. The number of carbonyl (C=O) groups is 2. The van der Waals surface area contributed by atoms with Crippen molar-refractivity contribution in [2.45, 2.75) is 75.9 Å². The summed E-state index contributed by atoms with van der Waals surface area (Å²) in [5.74, 6) is 0.236. The van der Waals surface area contributed by atoms with Crippen LogP contribution in [-0.4, -0.2) is 46.6 Å². The van der Waals surface area contributed by atoms with Gasteiger partial charge in [-0.25, -0.2) is 0 Å². The molecule has 0 spiro atoms. The first-order valence-electron chi connectivity index (χ1n) is 8.91. The molecule has 1 saturated heterocycles. The predicted molar refractivity (Wildman–Crippen MR) is 83.1 cm³/mol. The highest BCUT2D eigenvalue weighted by atomic mass is 16.3. The fraction of sp³-hybridized carbons (Fsp3) is 0.882. The number of carbonyl (C=O) groups excluding carboxylic acids is 2. The highest BCUT2D eigenvalue weighted by molar-refractivity contribution is 5.85. The van der Waals surface area contributed by atoms with E-state index >= 15 is 0 Å². The van der Waals surface area contributed by atoms with Gasteiger partial charge in [0.2, 0.25) is 5.91 Å². The molecule has 3 rings (SSSR count). The first kappa shape index (κ1) is 15.8. The number of amides is 2. The summed E-state index contributed by atoms with van der Waals surface area (Å²) < 4.78 is 0. The van der Waals surface area contributed by atoms with Gasteiger partial charge in [0.15, 0.2) is 0 Å². The second-order valence-corrected chi connectivity index (χ2v) is 7.32. The van der Waals surface area contributed by atoms with Crippen molar-refractivity contribution in [1.82, 2.24) is 10.2 Å². The van der Waals surface area contributed by atoms with Crippen LogP contribution in [0.2, 0.25) is 0 Å². The Morgan fingerprint density at radius 1 is 1.00 bits per heavy atom. The molecule has 0 aromatic heterocycles. The molecule has 5 heteroatoms. The third-order valence-electron chi connectivity index (χ3n) is 5.64. The zero-order valence-corrected chi connectivity index (χ0v) is 13.4. The first-order chi connectivity index (χ1) is 10.6. The number of aliphatic hydroxyl groups is 1. The van der Waals surface area contributed by atoms with E-state index in [1.165, 1.54) is 6.42 Å². The van der Waals surface area contributed by atoms with E-state index in [0.717, 1.165) is 51.5 Å². The Morgan fingerprint density at radius 2 is 1.68 bits per heavy atom. The molecule has 3 fully saturated rings. The second-order valence-electron chi connectivity index (χ2n) is 7.32. The summed E-state index contributed by atoms with van der Waals surface area (Å²) >= 11 is 0. The first-order valence-corrected chi connectivity index (χ1v) is 8.91. The summed E-state index contributed by atoms with van der Waals surface area (Å²) in [7, 11) is 0. The van der Waals surface area contributed by atoms with Gasteiger partial charge in [-0.15, -0.1) is 0 Å². The molecule has 3 aliphatic rings. The maximum atomic E-state index is 12.5. The fourth-order valence-corrected chi connectivity index (χ4v) is 4.19. The summed E-state index contributed by atoms with van der Waals surface area (Å²) in [5.41, 5.74) is -1.17. The topological polar surface area (TPSA) is 69.6 Å². The Morgan fingerprint density at radius 3 is 2.36 bits per heavy atom. The minimum absolute atomic E-state index is 0.00432. The number of hydrogen-bond donors (Lipinski definition) is 2. The van der Waals surface area contributed by atoms with Gasteiger partial charge in [0.25, 0.3) is 5.91 Å². The molecule has 2 amide bonds. The molecule has 2 N–H and O–H groups in total. The molecule has 22 heavy (non-hydrogen) atoms. The Hall–Kier alpha value is -1.10. The molecule has 1 atom stereocenters. The van der Waals surface area contributed by atoms with Crippen molar-refractivity contribution in [2.75, 3.05) is 13.1 Å². The summed E-state index contributed by atoms with van der Waals surface area (Å²) in [5, 5.41) is 13.3. The average molecular weight is 308 g/mol. The van der Waals surface area contributed by atoms with E-state index in [1.807, 2.05) is 4.90 Å². The molecule has 0 aromatic rings. The number of likely N-dealkylation sites (tertiary alicyclic amines) is 1. The molecule has 1 heterocycles. The summed E-state index contributed by atoms with van der Waals surface area (Å²) in [4.78, 5) is 26.7. The largest absolute Gasteiger partial charge is 0.380 e. The predicted octanol–water partition coefficient (Wildman–Crippen LogP) is 1.59. The quantitative estimate of drug-likeness (QED) is 0.832. The molecular weight excluding hydrogens is 280 g/mol. The van der Waals surface area contributed by atoms with Gasteiger partial charge in [-0.2, -0.15) is 0 Å². The summed E-state index contributed by atoms with van der Waals surface area (Å²) in [6, 6.07) is 0.00432. The lowest BCUT2D eigenvalue weighted by atomic mass is 9.88. The summed E-state index contributed by atoms with van der Waals surface area (Å²) in [6.07, 6.45) is 9.39. The molecule has 0 radical (unpaired) electrons. The van der Waals surface area contributed by atoms with E-state index in [2.05, 4.69) is 5.32 Å². The molecule has 0 aromatic carbocycles. The number of nitrogens with zero attached hydrogens (tertiary/aromatic N) is 1. The summed E-state index contributed by atoms with van der Waals surface area (Å²) in [6.45, 7) is 1.34. The molecule has 1 unspecified atom stereocenters. The van der Waals surface area contributed by atoms with E-state index in [9.17, 15) is 14.7 Å². The molecule has 1 aliphatic heterocycles. The number of rotatable bonds is 3. The Bertz CT molecular complexity index is 426. The van der Waals surface area contributed by atoms with E-state index in [1.54, 1.807) is 0 Å². The van der Waals surface area contributed by atoms with Crippen LogP contribution in [0.25, 0.3) is 0 Å². The maximum Gasteiger partial charge on any atom is 0.252 e. The van der Waals surface area contributed by atoms with Crippen molar-refractivity contribution in [2.24, 2.45) is 5.92 Å². The van der Waals surface area contributed by atoms with Gasteiger partial charge in [-0.05, 0) is 44.9 Å². The highest BCUT2D eigenvalue weighted by Gasteiger charge is 2.41. The maximum absolute atomic E-state index is 12.5. The van der Waals surface area contributed by atoms with Gasteiger partial charge < -0.3 is 15.3 Å². The van der Waals surface area contributed by atoms with Crippen molar-refractivity contribution in [3.63, 3.8) is 0 Å². The molecule has 0 bridgehead atoms. The fourth-order valence-electron chi connectivity index (χ4n) is 4.19. The SMILES string of the molecule is O=C(C1CCCCC1)N1CCC(NC(=O)C2(O)CCCC2)C1. The van der Waals surface area contributed by atoms with Gasteiger partial charge in [-0.3, -0.25) is 9.59 Å². The monoisotopic (exact) mass is 308 g/mol. The lowest BCUT2D eigenvalue weighted by molar-refractivity contribution is -0.140. The van der Waals surface area contributed by atoms with Crippen LogP contribution in [0, 0.1) is 5.92 Å². The van der Waals surface area contributed by atoms with Crippen LogP contribution in [0.5, 0.6) is 0 Å². The van der Waals surface area contributed by atoms with Gasteiger partial charge in [0.1, 0.15) is 5.60 Å². The average Bonchev–Trinajstić information content (AvgIpc) is 3.17. The van der Waals surface area contributed by atoms with Gasteiger partial charge >= 0.3 is 0 Å². The zero-order chi connectivity index (χ0) is 15.6. The van der Waals surface area contributed by atoms with Gasteiger partial charge in [0, 0.05) is 25.0 Å². The van der Waals surface area contributed by atoms with Crippen LogP contribution in [0.1, 0.15) is 64.2 Å². The highest BCUT2D eigenvalue weighted by Crippen LogP contribution is 2.30. The smallest absolute Gasteiger partial charge is 0.252 e. The standard InChI is InChI=1S/C17H28N2O3/c20-15(13-6-2-1-3-7-13)19-11-8-14(12-19)18-16(21)17(22)9-4-5-10-17/h13-14,22H,1-12H2,(H,18,21). The van der Waals surface area contributed by atoms with Crippen LogP contribution in [-0.2, 0) is 9.59 Å². The van der Waals surface area contributed by atoms with Crippen molar-refractivity contribution < 1.29 is 14.7 Å². The molecular formula is C17H28N2O3. The molecule has 2 aliphatic carbocycles. The third-order valence-corrected chi connectivity index (χ3v) is 5.64.